The summed E-state index contributed by atoms with van der Waals surface area (Å²) in [5.41, 5.74) is 1.48. The van der Waals surface area contributed by atoms with E-state index in [9.17, 15) is 4.79 Å². The van der Waals surface area contributed by atoms with Gasteiger partial charge >= 0.3 is 0 Å². The number of aromatic nitrogens is 3. The number of carbonyl (C=O) groups excluding carboxylic acids is 1. The van der Waals surface area contributed by atoms with E-state index in [2.05, 4.69) is 20.4 Å². The van der Waals surface area contributed by atoms with Crippen LogP contribution in [0.15, 0.2) is 16.7 Å². The van der Waals surface area contributed by atoms with Crippen LogP contribution in [-0.2, 0) is 11.3 Å². The molecule has 0 aromatic carbocycles. The predicted molar refractivity (Wildman–Crippen MR) is 93.7 cm³/mol. The molecule has 2 aliphatic rings. The van der Waals surface area contributed by atoms with Crippen LogP contribution in [0.3, 0.4) is 0 Å². The van der Waals surface area contributed by atoms with Gasteiger partial charge in [0.15, 0.2) is 5.82 Å². The number of rotatable bonds is 5. The van der Waals surface area contributed by atoms with E-state index in [0.29, 0.717) is 36.3 Å². The lowest BCUT2D eigenvalue weighted by atomic mass is 9.69. The molecule has 26 heavy (non-hydrogen) atoms. The van der Waals surface area contributed by atoms with E-state index in [-0.39, 0.29) is 11.4 Å². The number of carbonyl (C=O) groups is 1. The highest BCUT2D eigenvalue weighted by Gasteiger charge is 2.54. The Morgan fingerprint density at radius 3 is 2.88 bits per heavy atom. The molecule has 2 unspecified atom stereocenters. The largest absolute Gasteiger partial charge is 0.377 e. The van der Waals surface area contributed by atoms with Crippen LogP contribution in [0.1, 0.15) is 40.6 Å². The van der Waals surface area contributed by atoms with Crippen LogP contribution in [-0.4, -0.2) is 51.7 Å². The Labute approximate surface area is 151 Å². The van der Waals surface area contributed by atoms with Gasteiger partial charge in [-0.1, -0.05) is 5.16 Å². The smallest absolute Gasteiger partial charge is 0.292 e. The van der Waals surface area contributed by atoms with Crippen molar-refractivity contribution in [3.63, 3.8) is 0 Å². The first-order chi connectivity index (χ1) is 12.5. The summed E-state index contributed by atoms with van der Waals surface area (Å²) in [6, 6.07) is 3.63. The Morgan fingerprint density at radius 2 is 2.23 bits per heavy atom. The molecule has 8 heteroatoms. The maximum Gasteiger partial charge on any atom is 0.292 e. The molecule has 0 spiro atoms. The summed E-state index contributed by atoms with van der Waals surface area (Å²) in [4.78, 5) is 23.5. The van der Waals surface area contributed by atoms with Crippen LogP contribution in [0, 0.1) is 19.8 Å². The number of aryl methyl sites for hydroxylation is 2. The molecular formula is C18H23N5O3. The minimum Gasteiger partial charge on any atom is -0.377 e. The number of nitrogens with one attached hydrogen (secondary N) is 1. The van der Waals surface area contributed by atoms with Crippen LogP contribution >= 0.6 is 0 Å². The molecule has 1 aliphatic carbocycles. The standard InChI is InChI=1S/C18H23N5O3/c1-11-7-15(20-16(19-11)9-25-3)21-18-5-4-13(18)8-23(10-18)17(24)14-6-12(2)22-26-14/h6-7,13H,4-5,8-10H2,1-3H3,(H,19,20,21). The quantitative estimate of drug-likeness (QED) is 0.874. The second-order valence-corrected chi connectivity index (χ2v) is 7.28. The van der Waals surface area contributed by atoms with Gasteiger partial charge in [0.05, 0.1) is 11.2 Å². The highest BCUT2D eigenvalue weighted by Crippen LogP contribution is 2.46. The van der Waals surface area contributed by atoms with Crippen molar-refractivity contribution in [3.05, 3.63) is 35.1 Å². The fourth-order valence-corrected chi connectivity index (χ4v) is 3.96. The normalized spacial score (nSPS) is 24.3. The van der Waals surface area contributed by atoms with Gasteiger partial charge in [-0.05, 0) is 26.7 Å². The van der Waals surface area contributed by atoms with Gasteiger partial charge in [0.1, 0.15) is 12.4 Å². The monoisotopic (exact) mass is 357 g/mol. The van der Waals surface area contributed by atoms with Gasteiger partial charge in [-0.3, -0.25) is 4.79 Å². The summed E-state index contributed by atoms with van der Waals surface area (Å²) in [6.45, 7) is 5.49. The first-order valence-electron chi connectivity index (χ1n) is 8.83. The van der Waals surface area contributed by atoms with Crippen molar-refractivity contribution in [1.29, 1.82) is 0 Å². The number of ether oxygens (including phenoxy) is 1. The molecule has 1 aliphatic heterocycles. The van der Waals surface area contributed by atoms with E-state index in [1.165, 1.54) is 0 Å². The lowest BCUT2D eigenvalue weighted by Crippen LogP contribution is -2.53. The van der Waals surface area contributed by atoms with Crippen molar-refractivity contribution in [2.75, 3.05) is 25.5 Å². The molecule has 0 radical (unpaired) electrons. The van der Waals surface area contributed by atoms with Crippen molar-refractivity contribution in [3.8, 4) is 0 Å². The highest BCUT2D eigenvalue weighted by molar-refractivity contribution is 5.92. The Balaban J connectivity index is 1.51. The van der Waals surface area contributed by atoms with Crippen LogP contribution < -0.4 is 5.32 Å². The van der Waals surface area contributed by atoms with Gasteiger partial charge in [-0.2, -0.15) is 0 Å². The number of hydrogen-bond donors (Lipinski definition) is 1. The van der Waals surface area contributed by atoms with Crippen molar-refractivity contribution in [2.45, 2.75) is 38.8 Å². The second-order valence-electron chi connectivity index (χ2n) is 7.28. The van der Waals surface area contributed by atoms with Crippen molar-refractivity contribution in [1.82, 2.24) is 20.0 Å². The Hall–Kier alpha value is -2.48. The zero-order valence-corrected chi connectivity index (χ0v) is 15.3. The third-order valence-electron chi connectivity index (χ3n) is 5.31. The number of methoxy groups -OCH3 is 1. The summed E-state index contributed by atoms with van der Waals surface area (Å²) in [5, 5.41) is 7.41. The lowest BCUT2D eigenvalue weighted by Gasteiger charge is -2.44. The van der Waals surface area contributed by atoms with Crippen LogP contribution in [0.4, 0.5) is 5.82 Å². The number of anilines is 1. The van der Waals surface area contributed by atoms with Gasteiger partial charge in [0.25, 0.3) is 5.91 Å². The Morgan fingerprint density at radius 1 is 1.38 bits per heavy atom. The van der Waals surface area contributed by atoms with Gasteiger partial charge < -0.3 is 19.5 Å². The molecule has 138 valence electrons. The summed E-state index contributed by atoms with van der Waals surface area (Å²) in [5.74, 6) is 2.07. The summed E-state index contributed by atoms with van der Waals surface area (Å²) < 4.78 is 10.3. The third-order valence-corrected chi connectivity index (χ3v) is 5.31. The first-order valence-corrected chi connectivity index (χ1v) is 8.83. The topological polar surface area (TPSA) is 93.4 Å². The molecule has 2 aromatic heterocycles. The van der Waals surface area contributed by atoms with Crippen LogP contribution in [0.25, 0.3) is 0 Å². The lowest BCUT2D eigenvalue weighted by molar-refractivity contribution is 0.0744. The van der Waals surface area contributed by atoms with Gasteiger partial charge in [-0.15, -0.1) is 0 Å². The molecule has 2 fully saturated rings. The Kier molecular flexibility index (Phi) is 4.14. The Bertz CT molecular complexity index is 836. The van der Waals surface area contributed by atoms with Gasteiger partial charge in [-0.25, -0.2) is 9.97 Å². The van der Waals surface area contributed by atoms with Crippen LogP contribution in [0.2, 0.25) is 0 Å². The average molecular weight is 357 g/mol. The maximum absolute atomic E-state index is 12.7. The van der Waals surface area contributed by atoms with E-state index < -0.39 is 0 Å². The highest BCUT2D eigenvalue weighted by atomic mass is 16.5. The zero-order valence-electron chi connectivity index (χ0n) is 15.3. The van der Waals surface area contributed by atoms with E-state index in [0.717, 1.165) is 30.9 Å². The van der Waals surface area contributed by atoms with E-state index >= 15 is 0 Å². The molecule has 3 heterocycles. The summed E-state index contributed by atoms with van der Waals surface area (Å²) in [6.07, 6.45) is 2.11. The van der Waals surface area contributed by atoms with Crippen molar-refractivity contribution >= 4 is 11.7 Å². The summed E-state index contributed by atoms with van der Waals surface area (Å²) in [7, 11) is 1.63. The molecule has 2 atom stereocenters. The van der Waals surface area contributed by atoms with E-state index in [1.54, 1.807) is 13.2 Å². The molecule has 0 bridgehead atoms. The molecular weight excluding hydrogens is 334 g/mol. The molecule has 8 nitrogen and oxygen atoms in total. The van der Waals surface area contributed by atoms with E-state index in [4.69, 9.17) is 9.26 Å². The second kappa shape index (κ2) is 6.35. The van der Waals surface area contributed by atoms with Gasteiger partial charge in [0.2, 0.25) is 5.76 Å². The predicted octanol–water partition coefficient (Wildman–Crippen LogP) is 1.94. The zero-order chi connectivity index (χ0) is 18.3. The fourth-order valence-electron chi connectivity index (χ4n) is 3.96. The summed E-state index contributed by atoms with van der Waals surface area (Å²) >= 11 is 0. The minimum atomic E-state index is -0.129. The molecule has 1 saturated heterocycles. The van der Waals surface area contributed by atoms with Crippen LogP contribution in [0.5, 0.6) is 0 Å². The molecule has 1 saturated carbocycles. The number of fused-ring (bicyclic) bond motifs is 1. The number of hydrogen-bond acceptors (Lipinski definition) is 7. The third kappa shape index (κ3) is 2.94. The van der Waals surface area contributed by atoms with E-state index in [1.807, 2.05) is 24.8 Å². The SMILES string of the molecule is COCc1nc(C)cc(NC23CCC2CN(C(=O)c2cc(C)no2)C3)n1. The first kappa shape index (κ1) is 17.0. The molecule has 1 N–H and O–H groups in total. The number of nitrogens with zero attached hydrogens (tertiary/aromatic N) is 4. The number of amides is 1. The molecule has 1 amide bonds. The minimum absolute atomic E-state index is 0.0971. The maximum atomic E-state index is 12.7. The fraction of sp³-hybridized carbons (Fsp3) is 0.556. The van der Waals surface area contributed by atoms with Crippen molar-refractivity contribution in [2.24, 2.45) is 5.92 Å². The molecule has 2 aromatic rings. The van der Waals surface area contributed by atoms with Crippen molar-refractivity contribution < 1.29 is 14.1 Å². The number of likely N-dealkylation sites (tertiary alicyclic amines) is 1. The average Bonchev–Trinajstić information content (AvgIpc) is 3.11. The molecule has 4 rings (SSSR count). The van der Waals surface area contributed by atoms with Gasteiger partial charge in [0, 0.05) is 43.9 Å².